The molecule has 0 aliphatic carbocycles. The summed E-state index contributed by atoms with van der Waals surface area (Å²) >= 11 is 6.55. The van der Waals surface area contributed by atoms with Crippen molar-refractivity contribution < 1.29 is 14.9 Å². The summed E-state index contributed by atoms with van der Waals surface area (Å²) in [7, 11) is 0. The Bertz CT molecular complexity index is 1370. The Morgan fingerprint density at radius 2 is 1.74 bits per heavy atom. The number of benzene rings is 2. The molecule has 1 saturated heterocycles. The number of rotatable bonds is 6. The summed E-state index contributed by atoms with van der Waals surface area (Å²) in [4.78, 5) is 12.1. The van der Waals surface area contributed by atoms with Crippen LogP contribution in [0.3, 0.4) is 0 Å². The molecule has 0 bridgehead atoms. The predicted octanol–water partition coefficient (Wildman–Crippen LogP) is 5.17. The zero-order valence-corrected chi connectivity index (χ0v) is 19.7. The summed E-state index contributed by atoms with van der Waals surface area (Å²) in [5.74, 6) is 0.358. The van der Waals surface area contributed by atoms with Gasteiger partial charge in [-0.25, -0.2) is 4.98 Å². The number of halogens is 1. The standard InChI is InChI=1S/C26H25ClN4O3/c1-14-7-15(2)9-16(8-14)20-12-29-23-11-22(27)18(21-13-30-26(33)31-25(21)32)10-19(23)24(20)34-6-4-17-3-5-28-17/h7-13,17,28H,3-6H2,1-2H3,(H2,30,31,32,33). The fourth-order valence-corrected chi connectivity index (χ4v) is 4.60. The van der Waals surface area contributed by atoms with Gasteiger partial charge in [-0.15, -0.1) is 0 Å². The number of fused-ring (bicyclic) bond motifs is 1. The zero-order valence-electron chi connectivity index (χ0n) is 19.0. The van der Waals surface area contributed by atoms with Gasteiger partial charge in [0.15, 0.2) is 0 Å². The number of nitrogens with one attached hydrogen (secondary N) is 1. The summed E-state index contributed by atoms with van der Waals surface area (Å²) < 4.78 is 6.41. The lowest BCUT2D eigenvalue weighted by atomic mass is 9.98. The molecule has 2 aromatic heterocycles. The van der Waals surface area contributed by atoms with Crippen LogP contribution < -0.4 is 10.1 Å². The van der Waals surface area contributed by atoms with E-state index in [1.165, 1.54) is 6.20 Å². The van der Waals surface area contributed by atoms with E-state index in [0.29, 0.717) is 40.1 Å². The average Bonchev–Trinajstić information content (AvgIpc) is 2.74. The smallest absolute Gasteiger partial charge is 0.317 e. The molecule has 0 radical (unpaired) electrons. The summed E-state index contributed by atoms with van der Waals surface area (Å²) in [6, 6.07) is 9.92. The van der Waals surface area contributed by atoms with Gasteiger partial charge in [-0.05, 0) is 50.9 Å². The molecule has 34 heavy (non-hydrogen) atoms. The minimum absolute atomic E-state index is 0.311. The molecule has 7 nitrogen and oxygen atoms in total. The summed E-state index contributed by atoms with van der Waals surface area (Å²) in [6.07, 6.45) is 5.23. The van der Waals surface area contributed by atoms with Crippen molar-refractivity contribution in [3.05, 3.63) is 58.9 Å². The molecule has 4 aromatic rings. The first-order valence-electron chi connectivity index (χ1n) is 11.2. The number of pyridine rings is 1. The van der Waals surface area contributed by atoms with E-state index in [0.717, 1.165) is 47.0 Å². The van der Waals surface area contributed by atoms with Gasteiger partial charge in [-0.3, -0.25) is 4.98 Å². The van der Waals surface area contributed by atoms with E-state index in [1.807, 2.05) is 12.3 Å². The molecule has 0 saturated carbocycles. The van der Waals surface area contributed by atoms with Crippen molar-refractivity contribution in [2.75, 3.05) is 13.2 Å². The Hall–Kier alpha value is -3.42. The zero-order chi connectivity index (χ0) is 23.8. The fourth-order valence-electron chi connectivity index (χ4n) is 4.34. The third-order valence-electron chi connectivity index (χ3n) is 6.12. The quantitative estimate of drug-likeness (QED) is 0.353. The van der Waals surface area contributed by atoms with Gasteiger partial charge >= 0.3 is 6.01 Å². The van der Waals surface area contributed by atoms with Crippen LogP contribution in [0.5, 0.6) is 17.6 Å². The highest BCUT2D eigenvalue weighted by Gasteiger charge is 2.20. The van der Waals surface area contributed by atoms with Crippen LogP contribution in [0.15, 0.2) is 42.7 Å². The molecule has 1 atom stereocenters. The number of nitrogens with zero attached hydrogens (tertiary/aromatic N) is 3. The van der Waals surface area contributed by atoms with Gasteiger partial charge in [0.2, 0.25) is 5.88 Å². The molecule has 8 heteroatoms. The van der Waals surface area contributed by atoms with Crippen LogP contribution in [-0.4, -0.2) is 44.4 Å². The van der Waals surface area contributed by atoms with Gasteiger partial charge in [0, 0.05) is 34.9 Å². The van der Waals surface area contributed by atoms with Crippen molar-refractivity contribution in [2.24, 2.45) is 0 Å². The van der Waals surface area contributed by atoms with E-state index in [4.69, 9.17) is 16.3 Å². The number of hydrogen-bond acceptors (Lipinski definition) is 7. The lowest BCUT2D eigenvalue weighted by Gasteiger charge is -2.27. The second kappa shape index (κ2) is 9.08. The molecule has 5 rings (SSSR count). The van der Waals surface area contributed by atoms with Crippen molar-refractivity contribution in [2.45, 2.75) is 32.7 Å². The molecule has 0 amide bonds. The van der Waals surface area contributed by atoms with Crippen LogP contribution >= 0.6 is 11.6 Å². The molecule has 1 fully saturated rings. The maximum atomic E-state index is 10.3. The molecule has 3 heterocycles. The summed E-state index contributed by atoms with van der Waals surface area (Å²) in [5.41, 5.74) is 5.74. The molecular formula is C26H25ClN4O3. The van der Waals surface area contributed by atoms with Crippen LogP contribution in [0.25, 0.3) is 33.2 Å². The minimum atomic E-state index is -0.509. The van der Waals surface area contributed by atoms with E-state index in [2.05, 4.69) is 52.3 Å². The van der Waals surface area contributed by atoms with E-state index < -0.39 is 6.01 Å². The van der Waals surface area contributed by atoms with Crippen molar-refractivity contribution in [1.29, 1.82) is 0 Å². The minimum Gasteiger partial charge on any atom is -0.493 e. The topological polar surface area (TPSA) is 100 Å². The number of aromatic nitrogens is 3. The molecule has 1 unspecified atom stereocenters. The third kappa shape index (κ3) is 4.36. The van der Waals surface area contributed by atoms with Crippen molar-refractivity contribution in [1.82, 2.24) is 20.3 Å². The van der Waals surface area contributed by atoms with E-state index in [-0.39, 0.29) is 5.88 Å². The average molecular weight is 477 g/mol. The van der Waals surface area contributed by atoms with Gasteiger partial charge in [-0.1, -0.05) is 40.9 Å². The largest absolute Gasteiger partial charge is 0.493 e. The normalized spacial score (nSPS) is 15.3. The summed E-state index contributed by atoms with van der Waals surface area (Å²) in [6.45, 7) is 5.75. The summed E-state index contributed by atoms with van der Waals surface area (Å²) in [5, 5.41) is 24.4. The first-order valence-corrected chi connectivity index (χ1v) is 11.6. The van der Waals surface area contributed by atoms with Gasteiger partial charge in [-0.2, -0.15) is 4.98 Å². The first kappa shape index (κ1) is 22.4. The second-order valence-electron chi connectivity index (χ2n) is 8.71. The lowest BCUT2D eigenvalue weighted by molar-refractivity contribution is 0.255. The Kier molecular flexibility index (Phi) is 5.98. The molecule has 174 valence electrons. The third-order valence-corrected chi connectivity index (χ3v) is 6.44. The highest BCUT2D eigenvalue weighted by Crippen LogP contribution is 2.42. The van der Waals surface area contributed by atoms with Gasteiger partial charge in [0.05, 0.1) is 22.7 Å². The monoisotopic (exact) mass is 476 g/mol. The molecule has 0 spiro atoms. The lowest BCUT2D eigenvalue weighted by Crippen LogP contribution is -2.43. The second-order valence-corrected chi connectivity index (χ2v) is 9.12. The van der Waals surface area contributed by atoms with Gasteiger partial charge in [0.1, 0.15) is 5.75 Å². The molecule has 1 aliphatic rings. The predicted molar refractivity (Wildman–Crippen MR) is 133 cm³/mol. The molecule has 2 aromatic carbocycles. The van der Waals surface area contributed by atoms with E-state index in [9.17, 15) is 10.2 Å². The number of aryl methyl sites for hydroxylation is 2. The Labute approximate surface area is 202 Å². The number of ether oxygens (including phenoxy) is 1. The Balaban J connectivity index is 1.67. The maximum absolute atomic E-state index is 10.3. The highest BCUT2D eigenvalue weighted by molar-refractivity contribution is 6.34. The molecular weight excluding hydrogens is 452 g/mol. The number of aromatic hydroxyl groups is 2. The molecule has 3 N–H and O–H groups in total. The maximum Gasteiger partial charge on any atom is 0.317 e. The Morgan fingerprint density at radius 3 is 2.41 bits per heavy atom. The first-order chi connectivity index (χ1) is 16.4. The highest BCUT2D eigenvalue weighted by atomic mass is 35.5. The van der Waals surface area contributed by atoms with Crippen LogP contribution in [0.4, 0.5) is 0 Å². The molecule has 1 aliphatic heterocycles. The van der Waals surface area contributed by atoms with Crippen LogP contribution in [0.2, 0.25) is 5.02 Å². The van der Waals surface area contributed by atoms with Crippen LogP contribution in [-0.2, 0) is 0 Å². The Morgan fingerprint density at radius 1 is 1.00 bits per heavy atom. The van der Waals surface area contributed by atoms with Crippen molar-refractivity contribution >= 4 is 22.5 Å². The fraction of sp³-hybridized carbons (Fsp3) is 0.269. The van der Waals surface area contributed by atoms with Crippen LogP contribution in [0, 0.1) is 13.8 Å². The van der Waals surface area contributed by atoms with Crippen molar-refractivity contribution in [3.63, 3.8) is 0 Å². The van der Waals surface area contributed by atoms with E-state index >= 15 is 0 Å². The van der Waals surface area contributed by atoms with Crippen LogP contribution in [0.1, 0.15) is 24.0 Å². The van der Waals surface area contributed by atoms with Crippen molar-refractivity contribution in [3.8, 4) is 39.9 Å². The SMILES string of the molecule is Cc1cc(C)cc(-c2cnc3cc(Cl)c(-c4cnc(O)nc4O)cc3c2OCCC2CCN2)c1. The van der Waals surface area contributed by atoms with E-state index in [1.54, 1.807) is 6.07 Å². The van der Waals surface area contributed by atoms with Gasteiger partial charge in [0.25, 0.3) is 0 Å². The number of hydrogen-bond donors (Lipinski definition) is 3. The van der Waals surface area contributed by atoms with Gasteiger partial charge < -0.3 is 20.3 Å².